The van der Waals surface area contributed by atoms with Crippen LogP contribution in [0.4, 0.5) is 0 Å². The average molecular weight is 232 g/mol. The fourth-order valence-corrected chi connectivity index (χ4v) is 1.50. The van der Waals surface area contributed by atoms with Gasteiger partial charge in [-0.1, -0.05) is 18.1 Å². The largest absolute Gasteiger partial charge is 0.339 e. The van der Waals surface area contributed by atoms with Gasteiger partial charge in [-0.3, -0.25) is 4.98 Å². The topological polar surface area (TPSA) is 77.8 Å². The van der Waals surface area contributed by atoms with Crippen molar-refractivity contribution in [3.05, 3.63) is 41.8 Å². The van der Waals surface area contributed by atoms with Crippen LogP contribution in [0.5, 0.6) is 0 Å². The Morgan fingerprint density at radius 3 is 3.06 bits per heavy atom. The molecule has 2 aromatic heterocycles. The first-order chi connectivity index (χ1) is 8.28. The second-order valence-corrected chi connectivity index (χ2v) is 4.01. The molecule has 2 N–H and O–H groups in total. The lowest BCUT2D eigenvalue weighted by Crippen LogP contribution is -2.21. The molecule has 0 bridgehead atoms. The molecule has 2 aromatic rings. The highest BCUT2D eigenvalue weighted by atomic mass is 16.5. The summed E-state index contributed by atoms with van der Waals surface area (Å²) in [5.41, 5.74) is 6.90. The monoisotopic (exact) mass is 232 g/mol. The highest BCUT2D eigenvalue weighted by molar-refractivity contribution is 5.13. The summed E-state index contributed by atoms with van der Waals surface area (Å²) in [7, 11) is 0. The van der Waals surface area contributed by atoms with Crippen LogP contribution in [0, 0.1) is 0 Å². The summed E-state index contributed by atoms with van der Waals surface area (Å²) in [6.45, 7) is 2.04. The number of pyridine rings is 1. The van der Waals surface area contributed by atoms with Crippen molar-refractivity contribution in [3.63, 3.8) is 0 Å². The van der Waals surface area contributed by atoms with Crippen LogP contribution in [-0.2, 0) is 12.8 Å². The molecule has 17 heavy (non-hydrogen) atoms. The smallest absolute Gasteiger partial charge is 0.228 e. The van der Waals surface area contributed by atoms with E-state index in [9.17, 15) is 0 Å². The van der Waals surface area contributed by atoms with E-state index in [-0.39, 0.29) is 6.04 Å². The summed E-state index contributed by atoms with van der Waals surface area (Å²) >= 11 is 0. The van der Waals surface area contributed by atoms with Gasteiger partial charge < -0.3 is 10.3 Å². The van der Waals surface area contributed by atoms with E-state index >= 15 is 0 Å². The van der Waals surface area contributed by atoms with E-state index in [1.807, 2.05) is 19.1 Å². The molecule has 0 aliphatic rings. The van der Waals surface area contributed by atoms with Crippen LogP contribution in [0.15, 0.2) is 29.0 Å². The van der Waals surface area contributed by atoms with Crippen LogP contribution in [0.3, 0.4) is 0 Å². The van der Waals surface area contributed by atoms with Crippen molar-refractivity contribution < 1.29 is 4.52 Å². The maximum Gasteiger partial charge on any atom is 0.228 e. The fourth-order valence-electron chi connectivity index (χ4n) is 1.50. The van der Waals surface area contributed by atoms with Gasteiger partial charge in [-0.05, 0) is 18.1 Å². The van der Waals surface area contributed by atoms with Gasteiger partial charge in [0.15, 0.2) is 5.82 Å². The van der Waals surface area contributed by atoms with Crippen LogP contribution in [0.25, 0.3) is 0 Å². The van der Waals surface area contributed by atoms with Gasteiger partial charge in [0, 0.05) is 31.3 Å². The molecule has 0 saturated heterocycles. The maximum atomic E-state index is 5.83. The van der Waals surface area contributed by atoms with Gasteiger partial charge in [-0.2, -0.15) is 4.98 Å². The quantitative estimate of drug-likeness (QED) is 0.841. The van der Waals surface area contributed by atoms with Crippen LogP contribution in [0.1, 0.15) is 30.6 Å². The molecule has 0 spiro atoms. The van der Waals surface area contributed by atoms with E-state index < -0.39 is 0 Å². The third-order valence-electron chi connectivity index (χ3n) is 2.56. The van der Waals surface area contributed by atoms with Crippen molar-refractivity contribution in [1.82, 2.24) is 15.1 Å². The summed E-state index contributed by atoms with van der Waals surface area (Å²) in [6.07, 6.45) is 5.72. The predicted octanol–water partition coefficient (Wildman–Crippen LogP) is 1.34. The molecule has 1 atom stereocenters. The Morgan fingerprint density at radius 1 is 1.47 bits per heavy atom. The number of nitrogens with two attached hydrogens (primary N) is 1. The van der Waals surface area contributed by atoms with Crippen LogP contribution >= 0.6 is 0 Å². The molecule has 0 amide bonds. The van der Waals surface area contributed by atoms with E-state index in [2.05, 4.69) is 15.1 Å². The first-order valence-electron chi connectivity index (χ1n) is 5.74. The molecular weight excluding hydrogens is 216 g/mol. The minimum absolute atomic E-state index is 0.0849. The van der Waals surface area contributed by atoms with Gasteiger partial charge in [-0.15, -0.1) is 0 Å². The Hall–Kier alpha value is -1.75. The zero-order valence-corrected chi connectivity index (χ0v) is 9.84. The normalized spacial score (nSPS) is 12.6. The zero-order valence-electron chi connectivity index (χ0n) is 9.84. The standard InChI is InChI=1S/C12H16N4O/c1-2-10(13)7-12-15-11(16-17-12)6-9-4-3-5-14-8-9/h3-5,8,10H,2,6-7,13H2,1H3. The molecule has 5 nitrogen and oxygen atoms in total. The molecular formula is C12H16N4O. The summed E-state index contributed by atoms with van der Waals surface area (Å²) in [6, 6.07) is 3.96. The molecule has 2 heterocycles. The summed E-state index contributed by atoms with van der Waals surface area (Å²) in [5, 5.41) is 3.93. The number of hydrogen-bond acceptors (Lipinski definition) is 5. The van der Waals surface area contributed by atoms with Gasteiger partial charge in [0.25, 0.3) is 0 Å². The van der Waals surface area contributed by atoms with Crippen LogP contribution in [-0.4, -0.2) is 21.2 Å². The van der Waals surface area contributed by atoms with Crippen molar-refractivity contribution >= 4 is 0 Å². The number of nitrogens with zero attached hydrogens (tertiary/aromatic N) is 3. The summed E-state index contributed by atoms with van der Waals surface area (Å²) in [4.78, 5) is 8.35. The maximum absolute atomic E-state index is 5.83. The van der Waals surface area contributed by atoms with Crippen molar-refractivity contribution in [2.45, 2.75) is 32.2 Å². The highest BCUT2D eigenvalue weighted by Crippen LogP contribution is 2.07. The molecule has 0 saturated carbocycles. The SMILES string of the molecule is CCC(N)Cc1nc(Cc2cccnc2)no1. The van der Waals surface area contributed by atoms with Crippen molar-refractivity contribution in [2.24, 2.45) is 5.73 Å². The third kappa shape index (κ3) is 3.35. The molecule has 1 unspecified atom stereocenters. The third-order valence-corrected chi connectivity index (χ3v) is 2.56. The molecule has 2 rings (SSSR count). The van der Waals surface area contributed by atoms with E-state index in [0.717, 1.165) is 12.0 Å². The Bertz CT molecular complexity index is 455. The Kier molecular flexibility index (Phi) is 3.82. The minimum Gasteiger partial charge on any atom is -0.339 e. The Morgan fingerprint density at radius 2 is 2.35 bits per heavy atom. The van der Waals surface area contributed by atoms with Crippen LogP contribution < -0.4 is 5.73 Å². The van der Waals surface area contributed by atoms with E-state index in [1.165, 1.54) is 0 Å². The number of rotatable bonds is 5. The van der Waals surface area contributed by atoms with Gasteiger partial charge in [0.05, 0.1) is 0 Å². The van der Waals surface area contributed by atoms with E-state index in [0.29, 0.717) is 24.6 Å². The summed E-state index contributed by atoms with van der Waals surface area (Å²) in [5.74, 6) is 1.29. The van der Waals surface area contributed by atoms with Gasteiger partial charge in [0.2, 0.25) is 5.89 Å². The molecule has 0 aliphatic carbocycles. The first-order valence-corrected chi connectivity index (χ1v) is 5.74. The molecule has 90 valence electrons. The first kappa shape index (κ1) is 11.7. The van der Waals surface area contributed by atoms with E-state index in [4.69, 9.17) is 10.3 Å². The van der Waals surface area contributed by atoms with E-state index in [1.54, 1.807) is 12.4 Å². The Balaban J connectivity index is 1.99. The number of hydrogen-bond donors (Lipinski definition) is 1. The fraction of sp³-hybridized carbons (Fsp3) is 0.417. The second-order valence-electron chi connectivity index (χ2n) is 4.01. The van der Waals surface area contributed by atoms with Crippen molar-refractivity contribution in [2.75, 3.05) is 0 Å². The highest BCUT2D eigenvalue weighted by Gasteiger charge is 2.10. The molecule has 0 radical (unpaired) electrons. The van der Waals surface area contributed by atoms with Crippen LogP contribution in [0.2, 0.25) is 0 Å². The average Bonchev–Trinajstić information content (AvgIpc) is 2.77. The van der Waals surface area contributed by atoms with Crippen molar-refractivity contribution in [3.8, 4) is 0 Å². The van der Waals surface area contributed by atoms with Crippen molar-refractivity contribution in [1.29, 1.82) is 0 Å². The lowest BCUT2D eigenvalue weighted by Gasteiger charge is -2.02. The summed E-state index contributed by atoms with van der Waals surface area (Å²) < 4.78 is 5.15. The lowest BCUT2D eigenvalue weighted by molar-refractivity contribution is 0.363. The molecule has 0 fully saturated rings. The van der Waals surface area contributed by atoms with Gasteiger partial charge >= 0.3 is 0 Å². The van der Waals surface area contributed by atoms with Gasteiger partial charge in [0.1, 0.15) is 0 Å². The molecule has 0 aliphatic heterocycles. The predicted molar refractivity (Wildman–Crippen MR) is 63.3 cm³/mol. The molecule has 5 heteroatoms. The Labute approximate surface area is 100 Å². The zero-order chi connectivity index (χ0) is 12.1. The second kappa shape index (κ2) is 5.54. The minimum atomic E-state index is 0.0849. The van der Waals surface area contributed by atoms with Gasteiger partial charge in [-0.25, -0.2) is 0 Å². The number of aromatic nitrogens is 3. The molecule has 0 aromatic carbocycles. The lowest BCUT2D eigenvalue weighted by atomic mass is 10.2.